The molecular formula is C20H20F2N4. The SMILES string of the molecule is CNC(C)C(c1ccc(C(C)(F)F)cc1)n1ncc2cc(C#N)ccc21. The standard InChI is InChI=1S/C20H20F2N4/c1-13(24-3)19(15-5-7-17(8-6-15)20(2,21)22)26-18-9-4-14(11-23)10-16(18)12-25-26/h4-10,12-13,19,24H,1-3H3. The Labute approximate surface area is 151 Å². The van der Waals surface area contributed by atoms with Gasteiger partial charge in [0.05, 0.1) is 29.4 Å². The van der Waals surface area contributed by atoms with Crippen LogP contribution < -0.4 is 5.32 Å². The molecule has 0 saturated carbocycles. The first kappa shape index (κ1) is 18.0. The number of hydrogen-bond acceptors (Lipinski definition) is 3. The topological polar surface area (TPSA) is 53.6 Å². The van der Waals surface area contributed by atoms with Crippen LogP contribution in [-0.4, -0.2) is 22.9 Å². The molecule has 0 radical (unpaired) electrons. The summed E-state index contributed by atoms with van der Waals surface area (Å²) in [6.45, 7) is 2.91. The highest BCUT2D eigenvalue weighted by atomic mass is 19.3. The largest absolute Gasteiger partial charge is 0.315 e. The van der Waals surface area contributed by atoms with Crippen molar-refractivity contribution >= 4 is 10.9 Å². The van der Waals surface area contributed by atoms with Crippen molar-refractivity contribution in [2.45, 2.75) is 31.9 Å². The summed E-state index contributed by atoms with van der Waals surface area (Å²) in [5.41, 5.74) is 2.33. The highest BCUT2D eigenvalue weighted by Gasteiger charge is 2.26. The van der Waals surface area contributed by atoms with Crippen molar-refractivity contribution in [3.63, 3.8) is 0 Å². The number of hydrogen-bond donors (Lipinski definition) is 1. The van der Waals surface area contributed by atoms with E-state index in [2.05, 4.69) is 16.5 Å². The van der Waals surface area contributed by atoms with Crippen LogP contribution in [-0.2, 0) is 5.92 Å². The van der Waals surface area contributed by atoms with E-state index in [0.717, 1.165) is 23.4 Å². The molecule has 1 N–H and O–H groups in total. The van der Waals surface area contributed by atoms with Gasteiger partial charge >= 0.3 is 0 Å². The average Bonchev–Trinajstić information content (AvgIpc) is 3.04. The molecule has 0 saturated heterocycles. The third-order valence-corrected chi connectivity index (χ3v) is 4.68. The third-order valence-electron chi connectivity index (χ3n) is 4.68. The van der Waals surface area contributed by atoms with Crippen LogP contribution in [0.4, 0.5) is 8.78 Å². The zero-order valence-corrected chi connectivity index (χ0v) is 14.9. The normalized spacial score (nSPS) is 14.2. The summed E-state index contributed by atoms with van der Waals surface area (Å²) in [7, 11) is 1.85. The van der Waals surface area contributed by atoms with Gasteiger partial charge < -0.3 is 5.32 Å². The molecule has 0 bridgehead atoms. The first-order valence-electron chi connectivity index (χ1n) is 8.38. The number of fused-ring (bicyclic) bond motifs is 1. The number of nitrogens with one attached hydrogen (secondary N) is 1. The minimum atomic E-state index is -2.87. The second-order valence-electron chi connectivity index (χ2n) is 6.51. The van der Waals surface area contributed by atoms with Gasteiger partial charge in [-0.2, -0.15) is 10.4 Å². The summed E-state index contributed by atoms with van der Waals surface area (Å²) >= 11 is 0. The van der Waals surface area contributed by atoms with Crippen molar-refractivity contribution in [1.29, 1.82) is 5.26 Å². The van der Waals surface area contributed by atoms with E-state index in [9.17, 15) is 8.78 Å². The number of likely N-dealkylation sites (N-methyl/N-ethyl adjacent to an activating group) is 1. The number of nitriles is 1. The van der Waals surface area contributed by atoms with E-state index in [1.54, 1.807) is 30.5 Å². The zero-order chi connectivity index (χ0) is 18.9. The second-order valence-corrected chi connectivity index (χ2v) is 6.51. The van der Waals surface area contributed by atoms with Gasteiger partial charge in [0, 0.05) is 23.9 Å². The van der Waals surface area contributed by atoms with Gasteiger partial charge in [-0.05, 0) is 37.7 Å². The maximum Gasteiger partial charge on any atom is 0.270 e. The summed E-state index contributed by atoms with van der Waals surface area (Å²) in [6.07, 6.45) is 1.72. The Bertz CT molecular complexity index is 949. The molecular weight excluding hydrogens is 334 g/mol. The fourth-order valence-corrected chi connectivity index (χ4v) is 3.12. The van der Waals surface area contributed by atoms with Gasteiger partial charge in [-0.15, -0.1) is 0 Å². The molecule has 134 valence electrons. The fraction of sp³-hybridized carbons (Fsp3) is 0.300. The molecule has 0 spiro atoms. The van der Waals surface area contributed by atoms with E-state index in [1.165, 1.54) is 12.1 Å². The van der Waals surface area contributed by atoms with E-state index >= 15 is 0 Å². The Morgan fingerprint density at radius 1 is 1.19 bits per heavy atom. The summed E-state index contributed by atoms with van der Waals surface area (Å²) in [4.78, 5) is 0. The average molecular weight is 354 g/mol. The lowest BCUT2D eigenvalue weighted by atomic mass is 9.97. The fourth-order valence-electron chi connectivity index (χ4n) is 3.12. The molecule has 1 aromatic heterocycles. The number of rotatable bonds is 5. The summed E-state index contributed by atoms with van der Waals surface area (Å²) < 4.78 is 28.9. The summed E-state index contributed by atoms with van der Waals surface area (Å²) in [6, 6.07) is 13.7. The number of nitrogens with zero attached hydrogens (tertiary/aromatic N) is 3. The van der Waals surface area contributed by atoms with E-state index in [-0.39, 0.29) is 17.6 Å². The Morgan fingerprint density at radius 2 is 1.88 bits per heavy atom. The van der Waals surface area contributed by atoms with Crippen molar-refractivity contribution in [3.8, 4) is 6.07 Å². The van der Waals surface area contributed by atoms with Gasteiger partial charge in [0.2, 0.25) is 0 Å². The molecule has 2 unspecified atom stereocenters. The predicted octanol–water partition coefficient (Wildman–Crippen LogP) is 4.22. The smallest absolute Gasteiger partial charge is 0.270 e. The minimum absolute atomic E-state index is 0.0129. The van der Waals surface area contributed by atoms with E-state index < -0.39 is 5.92 Å². The molecule has 1 heterocycles. The van der Waals surface area contributed by atoms with Gasteiger partial charge in [-0.1, -0.05) is 24.3 Å². The molecule has 2 atom stereocenters. The van der Waals surface area contributed by atoms with Crippen LogP contribution >= 0.6 is 0 Å². The number of alkyl halides is 2. The molecule has 0 fully saturated rings. The molecule has 0 aliphatic carbocycles. The molecule has 26 heavy (non-hydrogen) atoms. The molecule has 6 heteroatoms. The van der Waals surface area contributed by atoms with Crippen LogP contribution in [0.25, 0.3) is 10.9 Å². The lowest BCUT2D eigenvalue weighted by Gasteiger charge is -2.26. The van der Waals surface area contributed by atoms with Crippen molar-refractivity contribution in [3.05, 3.63) is 65.4 Å². The van der Waals surface area contributed by atoms with Gasteiger partial charge in [0.1, 0.15) is 0 Å². The van der Waals surface area contributed by atoms with Gasteiger partial charge in [-0.3, -0.25) is 4.68 Å². The van der Waals surface area contributed by atoms with Gasteiger partial charge in [0.25, 0.3) is 5.92 Å². The maximum atomic E-state index is 13.5. The van der Waals surface area contributed by atoms with E-state index in [4.69, 9.17) is 5.26 Å². The molecule has 2 aromatic carbocycles. The maximum absolute atomic E-state index is 13.5. The number of halogens is 2. The molecule has 3 aromatic rings. The Hall–Kier alpha value is -2.78. The van der Waals surface area contributed by atoms with E-state index in [0.29, 0.717) is 5.56 Å². The van der Waals surface area contributed by atoms with Crippen molar-refractivity contribution in [1.82, 2.24) is 15.1 Å². The Morgan fingerprint density at radius 3 is 2.46 bits per heavy atom. The van der Waals surface area contributed by atoms with Gasteiger partial charge in [-0.25, -0.2) is 8.78 Å². The summed E-state index contributed by atoms with van der Waals surface area (Å²) in [5, 5.41) is 17.7. The van der Waals surface area contributed by atoms with Crippen LogP contribution in [0.3, 0.4) is 0 Å². The van der Waals surface area contributed by atoms with Crippen molar-refractivity contribution in [2.24, 2.45) is 0 Å². The molecule has 3 rings (SSSR count). The minimum Gasteiger partial charge on any atom is -0.315 e. The van der Waals surface area contributed by atoms with Crippen LogP contribution in [0.5, 0.6) is 0 Å². The lowest BCUT2D eigenvalue weighted by Crippen LogP contribution is -2.34. The summed E-state index contributed by atoms with van der Waals surface area (Å²) in [5.74, 6) is -2.87. The lowest BCUT2D eigenvalue weighted by molar-refractivity contribution is 0.0174. The Balaban J connectivity index is 2.09. The molecule has 4 nitrogen and oxygen atoms in total. The van der Waals surface area contributed by atoms with Gasteiger partial charge in [0.15, 0.2) is 0 Å². The third kappa shape index (κ3) is 3.31. The van der Waals surface area contributed by atoms with Crippen LogP contribution in [0.1, 0.15) is 36.6 Å². The first-order valence-corrected chi connectivity index (χ1v) is 8.38. The Kier molecular flexibility index (Phi) is 4.75. The number of benzene rings is 2. The predicted molar refractivity (Wildman–Crippen MR) is 97.1 cm³/mol. The molecule has 0 aliphatic heterocycles. The first-order chi connectivity index (χ1) is 12.3. The second kappa shape index (κ2) is 6.85. The highest BCUT2D eigenvalue weighted by Crippen LogP contribution is 2.31. The van der Waals surface area contributed by atoms with Crippen LogP contribution in [0, 0.1) is 11.3 Å². The van der Waals surface area contributed by atoms with Crippen molar-refractivity contribution < 1.29 is 8.78 Å². The zero-order valence-electron chi connectivity index (χ0n) is 14.9. The van der Waals surface area contributed by atoms with E-state index in [1.807, 2.05) is 24.7 Å². The van der Waals surface area contributed by atoms with Crippen LogP contribution in [0.2, 0.25) is 0 Å². The quantitative estimate of drug-likeness (QED) is 0.746. The number of aromatic nitrogens is 2. The monoisotopic (exact) mass is 354 g/mol. The van der Waals surface area contributed by atoms with Crippen molar-refractivity contribution in [2.75, 3.05) is 7.05 Å². The molecule has 0 amide bonds. The van der Waals surface area contributed by atoms with Crippen LogP contribution in [0.15, 0.2) is 48.7 Å². The highest BCUT2D eigenvalue weighted by molar-refractivity contribution is 5.80. The molecule has 0 aliphatic rings.